The lowest BCUT2D eigenvalue weighted by atomic mass is 10.0. The van der Waals surface area contributed by atoms with Gasteiger partial charge in [-0.25, -0.2) is 15.0 Å². The van der Waals surface area contributed by atoms with Crippen molar-refractivity contribution in [2.24, 2.45) is 11.8 Å². The maximum atomic E-state index is 12.3. The van der Waals surface area contributed by atoms with Gasteiger partial charge in [-0.2, -0.15) is 5.26 Å². The van der Waals surface area contributed by atoms with Crippen LogP contribution in [0.5, 0.6) is 5.88 Å². The summed E-state index contributed by atoms with van der Waals surface area (Å²) in [6.07, 6.45) is 14.5. The first-order valence-electron chi connectivity index (χ1n) is 14.2. The molecule has 2 aliphatic rings. The maximum absolute atomic E-state index is 12.3. The first kappa shape index (κ1) is 27.9. The van der Waals surface area contributed by atoms with Crippen molar-refractivity contribution in [1.82, 2.24) is 20.3 Å². The van der Waals surface area contributed by atoms with Crippen LogP contribution in [0.2, 0.25) is 0 Å². The Hall–Kier alpha value is -4.65. The van der Waals surface area contributed by atoms with Crippen LogP contribution in [0.1, 0.15) is 56.1 Å². The largest absolute Gasteiger partial charge is 0.470 e. The van der Waals surface area contributed by atoms with Crippen LogP contribution in [0, 0.1) is 23.2 Å². The molecule has 2 aliphatic carbocycles. The summed E-state index contributed by atoms with van der Waals surface area (Å²) in [7, 11) is 0. The molecule has 10 nitrogen and oxygen atoms in total. The molecule has 1 aromatic carbocycles. The molecule has 0 saturated heterocycles. The second-order valence-electron chi connectivity index (χ2n) is 10.7. The van der Waals surface area contributed by atoms with Crippen LogP contribution in [-0.4, -0.2) is 33.4 Å². The molecular formula is C31H36N8O2. The zero-order valence-electron chi connectivity index (χ0n) is 23.1. The molecule has 0 aliphatic heterocycles. The minimum Gasteiger partial charge on any atom is -0.470 e. The number of hydrogen-bond acceptors (Lipinski definition) is 9. The fraction of sp³-hybridized carbons (Fsp3) is 0.387. The molecule has 6 N–H and O–H groups in total. The zero-order chi connectivity index (χ0) is 28.6. The van der Waals surface area contributed by atoms with Crippen LogP contribution in [0.15, 0.2) is 54.9 Å². The number of ether oxygens (including phenoxy) is 1. The molecule has 1 fully saturated rings. The third-order valence-electron chi connectivity index (χ3n) is 7.70. The number of benzene rings is 1. The fourth-order valence-corrected chi connectivity index (χ4v) is 5.53. The third kappa shape index (κ3) is 7.31. The van der Waals surface area contributed by atoms with E-state index in [1.807, 2.05) is 12.1 Å². The number of aromatic nitrogens is 3. The van der Waals surface area contributed by atoms with Crippen LogP contribution in [0.3, 0.4) is 0 Å². The number of carbonyl (C=O) groups is 1. The van der Waals surface area contributed by atoms with E-state index in [-0.39, 0.29) is 24.2 Å². The van der Waals surface area contributed by atoms with E-state index < -0.39 is 0 Å². The van der Waals surface area contributed by atoms with E-state index in [0.717, 1.165) is 55.5 Å². The summed E-state index contributed by atoms with van der Waals surface area (Å²) in [6, 6.07) is 11.7. The van der Waals surface area contributed by atoms with Gasteiger partial charge in [-0.1, -0.05) is 31.1 Å². The van der Waals surface area contributed by atoms with Crippen LogP contribution in [0.4, 0.5) is 17.3 Å². The van der Waals surface area contributed by atoms with Gasteiger partial charge in [0.2, 0.25) is 5.91 Å². The number of nitrogens with one attached hydrogen (secondary N) is 2. The molecule has 1 saturated carbocycles. The standard InChI is InChI=1S/C31H36N8O2/c32-17-24-16-23(27-18-37-30(34)31(39-27)41-19-21-10-12-36-28(33)15-21)8-9-25(24)35-11-4-2-1-3-5-29(40)38-26-14-20-6-7-22(26)13-20/h6-10,12,15-16,18,20,22,26,35H,1-5,11,13-14,19H2,(H2,33,36)(H2,34,37)(H,38,40). The smallest absolute Gasteiger partial charge is 0.258 e. The maximum Gasteiger partial charge on any atom is 0.258 e. The van der Waals surface area contributed by atoms with Crippen molar-refractivity contribution >= 4 is 23.2 Å². The van der Waals surface area contributed by atoms with Crippen LogP contribution in [-0.2, 0) is 11.4 Å². The number of nitriles is 1. The number of nitrogens with zero attached hydrogens (tertiary/aromatic N) is 4. The number of nitrogen functional groups attached to an aromatic ring is 2. The quantitative estimate of drug-likeness (QED) is 0.175. The lowest BCUT2D eigenvalue weighted by Gasteiger charge is -2.19. The predicted molar refractivity (Wildman–Crippen MR) is 158 cm³/mol. The number of anilines is 3. The average molecular weight is 553 g/mol. The molecular weight excluding hydrogens is 516 g/mol. The predicted octanol–water partition coefficient (Wildman–Crippen LogP) is 4.60. The Morgan fingerprint density at radius 1 is 1.07 bits per heavy atom. The minimum absolute atomic E-state index is 0.174. The van der Waals surface area contributed by atoms with E-state index in [1.165, 1.54) is 6.42 Å². The van der Waals surface area contributed by atoms with Gasteiger partial charge in [-0.15, -0.1) is 0 Å². The van der Waals surface area contributed by atoms with Crippen molar-refractivity contribution in [2.45, 2.75) is 57.6 Å². The van der Waals surface area contributed by atoms with Crippen LogP contribution in [0.25, 0.3) is 11.3 Å². The zero-order valence-corrected chi connectivity index (χ0v) is 23.1. The van der Waals surface area contributed by atoms with E-state index in [1.54, 1.807) is 30.6 Å². The minimum atomic E-state index is 0.174. The molecule has 3 unspecified atom stereocenters. The highest BCUT2D eigenvalue weighted by molar-refractivity contribution is 5.76. The van der Waals surface area contributed by atoms with Gasteiger partial charge in [0, 0.05) is 30.8 Å². The van der Waals surface area contributed by atoms with Crippen molar-refractivity contribution in [3.63, 3.8) is 0 Å². The number of fused-ring (bicyclic) bond motifs is 2. The molecule has 41 heavy (non-hydrogen) atoms. The van der Waals surface area contributed by atoms with Gasteiger partial charge >= 0.3 is 0 Å². The molecule has 3 aromatic rings. The van der Waals surface area contributed by atoms with Crippen molar-refractivity contribution in [3.8, 4) is 23.2 Å². The Morgan fingerprint density at radius 3 is 2.73 bits per heavy atom. The monoisotopic (exact) mass is 552 g/mol. The van der Waals surface area contributed by atoms with Crippen molar-refractivity contribution in [1.29, 1.82) is 5.26 Å². The first-order chi connectivity index (χ1) is 20.0. The molecule has 0 radical (unpaired) electrons. The van der Waals surface area contributed by atoms with Crippen molar-refractivity contribution < 1.29 is 9.53 Å². The number of allylic oxidation sites excluding steroid dienone is 1. The summed E-state index contributed by atoms with van der Waals surface area (Å²) in [5.41, 5.74) is 15.1. The highest BCUT2D eigenvalue weighted by Crippen LogP contribution is 2.39. The molecule has 2 aromatic heterocycles. The van der Waals surface area contributed by atoms with Gasteiger partial charge in [0.05, 0.1) is 23.1 Å². The topological polar surface area (TPSA) is 165 Å². The van der Waals surface area contributed by atoms with Gasteiger partial charge in [0.1, 0.15) is 18.5 Å². The lowest BCUT2D eigenvalue weighted by Crippen LogP contribution is -2.37. The average Bonchev–Trinajstić information content (AvgIpc) is 3.60. The Kier molecular flexibility index (Phi) is 8.94. The molecule has 0 spiro atoms. The fourth-order valence-electron chi connectivity index (χ4n) is 5.53. The number of pyridine rings is 1. The van der Waals surface area contributed by atoms with Gasteiger partial charge in [-0.3, -0.25) is 4.79 Å². The van der Waals surface area contributed by atoms with Gasteiger partial charge in [-0.05, 0) is 67.3 Å². The van der Waals surface area contributed by atoms with Crippen molar-refractivity contribution in [2.75, 3.05) is 23.3 Å². The summed E-state index contributed by atoms with van der Waals surface area (Å²) in [5.74, 6) is 2.17. The number of rotatable bonds is 13. The molecule has 3 atom stereocenters. The lowest BCUT2D eigenvalue weighted by molar-refractivity contribution is -0.122. The SMILES string of the molecule is N#Cc1cc(-c2cnc(N)c(OCc3ccnc(N)c3)n2)ccc1NCCCCCCC(=O)NC1CC2C=CC1C2. The third-order valence-corrected chi connectivity index (χ3v) is 7.70. The highest BCUT2D eigenvalue weighted by atomic mass is 16.5. The van der Waals surface area contributed by atoms with E-state index in [4.69, 9.17) is 16.2 Å². The van der Waals surface area contributed by atoms with E-state index in [0.29, 0.717) is 41.4 Å². The van der Waals surface area contributed by atoms with Crippen LogP contribution < -0.4 is 26.8 Å². The van der Waals surface area contributed by atoms with Crippen LogP contribution >= 0.6 is 0 Å². The second-order valence-corrected chi connectivity index (χ2v) is 10.7. The summed E-state index contributed by atoms with van der Waals surface area (Å²) in [4.78, 5) is 25.0. The molecule has 212 valence electrons. The molecule has 2 bridgehead atoms. The first-order valence-corrected chi connectivity index (χ1v) is 14.2. The highest BCUT2D eigenvalue weighted by Gasteiger charge is 2.36. The normalized spacial score (nSPS) is 18.7. The number of nitrogens with two attached hydrogens (primary N) is 2. The summed E-state index contributed by atoms with van der Waals surface area (Å²) in [5, 5.41) is 16.3. The number of hydrogen-bond donors (Lipinski definition) is 4. The van der Waals surface area contributed by atoms with E-state index in [9.17, 15) is 10.1 Å². The number of carbonyl (C=O) groups excluding carboxylic acids is 1. The number of unbranched alkanes of at least 4 members (excludes halogenated alkanes) is 3. The Bertz CT molecular complexity index is 1450. The Labute approximate surface area is 240 Å². The van der Waals surface area contributed by atoms with Gasteiger partial charge < -0.3 is 26.8 Å². The number of amides is 1. The summed E-state index contributed by atoms with van der Waals surface area (Å²) < 4.78 is 5.78. The van der Waals surface area contributed by atoms with Gasteiger partial charge in [0.15, 0.2) is 5.82 Å². The Morgan fingerprint density at radius 2 is 1.95 bits per heavy atom. The molecule has 2 heterocycles. The Balaban J connectivity index is 1.06. The second kappa shape index (κ2) is 13.1. The van der Waals surface area contributed by atoms with E-state index >= 15 is 0 Å². The van der Waals surface area contributed by atoms with Gasteiger partial charge in [0.25, 0.3) is 5.88 Å². The summed E-state index contributed by atoms with van der Waals surface area (Å²) in [6.45, 7) is 0.963. The molecule has 5 rings (SSSR count). The molecule has 1 amide bonds. The van der Waals surface area contributed by atoms with Crippen molar-refractivity contribution in [3.05, 3.63) is 66.0 Å². The summed E-state index contributed by atoms with van der Waals surface area (Å²) >= 11 is 0. The molecule has 10 heteroatoms. The van der Waals surface area contributed by atoms with E-state index in [2.05, 4.69) is 43.8 Å².